The van der Waals surface area contributed by atoms with E-state index in [0.29, 0.717) is 6.54 Å². The molecule has 19 heavy (non-hydrogen) atoms. The van der Waals surface area contributed by atoms with Gasteiger partial charge in [-0.05, 0) is 13.8 Å². The zero-order valence-corrected chi connectivity index (χ0v) is 12.0. The number of aromatic nitrogens is 1. The Bertz CT molecular complexity index is 447. The average Bonchev–Trinajstić information content (AvgIpc) is 2.77. The first-order chi connectivity index (χ1) is 8.85. The molecule has 0 radical (unpaired) electrons. The smallest absolute Gasteiger partial charge is 0.347 e. The highest BCUT2D eigenvalue weighted by Crippen LogP contribution is 2.23. The number of carbonyl (C=O) groups is 1. The summed E-state index contributed by atoms with van der Waals surface area (Å²) in [5.41, 5.74) is -0.681. The van der Waals surface area contributed by atoms with E-state index in [9.17, 15) is 9.90 Å². The normalized spacial score (nSPS) is 17.7. The highest BCUT2D eigenvalue weighted by atomic mass is 32.1. The maximum atomic E-state index is 10.8. The Labute approximate surface area is 116 Å². The summed E-state index contributed by atoms with van der Waals surface area (Å²) < 4.78 is 0. The molecule has 2 rings (SSSR count). The lowest BCUT2D eigenvalue weighted by Crippen LogP contribution is -2.50. The molecule has 0 spiro atoms. The zero-order valence-electron chi connectivity index (χ0n) is 11.2. The van der Waals surface area contributed by atoms with Gasteiger partial charge in [-0.3, -0.25) is 4.90 Å². The van der Waals surface area contributed by atoms with Crippen molar-refractivity contribution < 1.29 is 15.0 Å². The van der Waals surface area contributed by atoms with Gasteiger partial charge in [0.15, 0.2) is 5.13 Å². The summed E-state index contributed by atoms with van der Waals surface area (Å²) in [6.45, 7) is 7.58. The minimum absolute atomic E-state index is 0.272. The molecule has 1 fully saturated rings. The number of hydrogen-bond acceptors (Lipinski definition) is 6. The van der Waals surface area contributed by atoms with Crippen LogP contribution in [0.4, 0.5) is 5.13 Å². The van der Waals surface area contributed by atoms with Gasteiger partial charge in [0.1, 0.15) is 4.88 Å². The first kappa shape index (κ1) is 14.2. The molecule has 0 aromatic carbocycles. The molecule has 1 aliphatic rings. The molecular formula is C12H19N3O3S. The Morgan fingerprint density at radius 1 is 1.42 bits per heavy atom. The number of carboxylic acid groups (broad SMARTS) is 1. The molecule has 1 aromatic rings. The van der Waals surface area contributed by atoms with E-state index in [2.05, 4.69) is 14.8 Å². The average molecular weight is 285 g/mol. The van der Waals surface area contributed by atoms with Crippen molar-refractivity contribution in [2.45, 2.75) is 19.4 Å². The zero-order chi connectivity index (χ0) is 14.0. The van der Waals surface area contributed by atoms with Crippen molar-refractivity contribution in [3.63, 3.8) is 0 Å². The maximum Gasteiger partial charge on any atom is 0.347 e. The minimum Gasteiger partial charge on any atom is -0.477 e. The van der Waals surface area contributed by atoms with Crippen molar-refractivity contribution in [3.05, 3.63) is 11.1 Å². The lowest BCUT2D eigenvalue weighted by Gasteiger charge is -2.37. The number of aromatic carboxylic acids is 1. The van der Waals surface area contributed by atoms with Crippen LogP contribution < -0.4 is 4.90 Å². The monoisotopic (exact) mass is 285 g/mol. The van der Waals surface area contributed by atoms with Crippen LogP contribution in [0.25, 0.3) is 0 Å². The molecule has 2 N–H and O–H groups in total. The van der Waals surface area contributed by atoms with Crippen molar-refractivity contribution in [2.24, 2.45) is 0 Å². The molecule has 1 aromatic heterocycles. The molecule has 1 aliphatic heterocycles. The van der Waals surface area contributed by atoms with Crippen LogP contribution in [0.3, 0.4) is 0 Å². The van der Waals surface area contributed by atoms with Gasteiger partial charge in [0.05, 0.1) is 11.8 Å². The molecule has 2 heterocycles. The number of piperazine rings is 1. The van der Waals surface area contributed by atoms with Gasteiger partial charge in [-0.15, -0.1) is 0 Å². The summed E-state index contributed by atoms with van der Waals surface area (Å²) in [5, 5.41) is 19.4. The van der Waals surface area contributed by atoms with E-state index in [0.717, 1.165) is 31.3 Å². The Kier molecular flexibility index (Phi) is 4.07. The van der Waals surface area contributed by atoms with E-state index >= 15 is 0 Å². The number of thiazole rings is 1. The molecule has 0 aliphatic carbocycles. The number of rotatable bonds is 4. The highest BCUT2D eigenvalue weighted by Gasteiger charge is 2.24. The topological polar surface area (TPSA) is 76.9 Å². The van der Waals surface area contributed by atoms with Crippen LogP contribution in [0.1, 0.15) is 23.5 Å². The van der Waals surface area contributed by atoms with Crippen molar-refractivity contribution >= 4 is 22.4 Å². The van der Waals surface area contributed by atoms with Gasteiger partial charge >= 0.3 is 5.97 Å². The third-order valence-electron chi connectivity index (χ3n) is 2.96. The fraction of sp³-hybridized carbons (Fsp3) is 0.667. The third kappa shape index (κ3) is 3.89. The summed E-state index contributed by atoms with van der Waals surface area (Å²) in [7, 11) is 0. The molecular weight excluding hydrogens is 266 g/mol. The largest absolute Gasteiger partial charge is 0.477 e. The van der Waals surface area contributed by atoms with Gasteiger partial charge in [-0.25, -0.2) is 9.78 Å². The molecule has 7 heteroatoms. The van der Waals surface area contributed by atoms with Crippen LogP contribution in [-0.4, -0.2) is 64.4 Å². The van der Waals surface area contributed by atoms with Crippen LogP contribution in [0, 0.1) is 0 Å². The second-order valence-corrected chi connectivity index (χ2v) is 6.40. The molecule has 0 unspecified atom stereocenters. The third-order valence-corrected chi connectivity index (χ3v) is 4.00. The van der Waals surface area contributed by atoms with Gasteiger partial charge in [-0.2, -0.15) is 0 Å². The molecule has 0 atom stereocenters. The summed E-state index contributed by atoms with van der Waals surface area (Å²) >= 11 is 1.21. The summed E-state index contributed by atoms with van der Waals surface area (Å²) in [6.07, 6.45) is 1.41. The predicted octanol–water partition coefficient (Wildman–Crippen LogP) is 0.734. The Balaban J connectivity index is 1.90. The van der Waals surface area contributed by atoms with E-state index in [1.54, 1.807) is 13.8 Å². The number of carboxylic acids is 1. The van der Waals surface area contributed by atoms with Crippen LogP contribution in [0.2, 0.25) is 0 Å². The van der Waals surface area contributed by atoms with Crippen molar-refractivity contribution in [1.82, 2.24) is 9.88 Å². The standard InChI is InChI=1S/C12H19N3O3S/c1-12(2,18)8-14-3-5-15(6-4-14)11-13-7-9(19-11)10(16)17/h7,18H,3-6,8H2,1-2H3,(H,16,17). The van der Waals surface area contributed by atoms with Gasteiger partial charge in [0, 0.05) is 32.7 Å². The van der Waals surface area contributed by atoms with E-state index in [4.69, 9.17) is 5.11 Å². The number of nitrogens with zero attached hydrogens (tertiary/aromatic N) is 3. The first-order valence-electron chi connectivity index (χ1n) is 6.24. The lowest BCUT2D eigenvalue weighted by atomic mass is 10.1. The van der Waals surface area contributed by atoms with E-state index < -0.39 is 11.6 Å². The number of β-amino-alcohol motifs (C(OH)–C–C–N with tert-alkyl or cyclic N) is 1. The summed E-state index contributed by atoms with van der Waals surface area (Å²) in [4.78, 5) is 19.6. The summed E-state index contributed by atoms with van der Waals surface area (Å²) in [6, 6.07) is 0. The molecule has 106 valence electrons. The Morgan fingerprint density at radius 3 is 2.53 bits per heavy atom. The second kappa shape index (κ2) is 5.44. The molecule has 1 saturated heterocycles. The van der Waals surface area contributed by atoms with Gasteiger partial charge in [0.2, 0.25) is 0 Å². The van der Waals surface area contributed by atoms with Gasteiger partial charge < -0.3 is 15.1 Å². The van der Waals surface area contributed by atoms with Gasteiger partial charge in [0.25, 0.3) is 0 Å². The fourth-order valence-corrected chi connectivity index (χ4v) is 2.96. The summed E-state index contributed by atoms with van der Waals surface area (Å²) in [5.74, 6) is -0.926. The van der Waals surface area contributed by atoms with Crippen LogP contribution in [-0.2, 0) is 0 Å². The SMILES string of the molecule is CC(C)(O)CN1CCN(c2ncc(C(=O)O)s2)CC1. The number of anilines is 1. The van der Waals surface area contributed by atoms with Crippen molar-refractivity contribution in [1.29, 1.82) is 0 Å². The lowest BCUT2D eigenvalue weighted by molar-refractivity contribution is 0.0345. The van der Waals surface area contributed by atoms with E-state index in [1.165, 1.54) is 17.5 Å². The van der Waals surface area contributed by atoms with Crippen LogP contribution in [0.5, 0.6) is 0 Å². The quantitative estimate of drug-likeness (QED) is 0.849. The molecule has 6 nitrogen and oxygen atoms in total. The molecule has 0 bridgehead atoms. The minimum atomic E-state index is -0.926. The van der Waals surface area contributed by atoms with Crippen LogP contribution >= 0.6 is 11.3 Å². The van der Waals surface area contributed by atoms with Crippen LogP contribution in [0.15, 0.2) is 6.20 Å². The van der Waals surface area contributed by atoms with Gasteiger partial charge in [-0.1, -0.05) is 11.3 Å². The van der Waals surface area contributed by atoms with E-state index in [-0.39, 0.29) is 4.88 Å². The molecule has 0 amide bonds. The second-order valence-electron chi connectivity index (χ2n) is 5.39. The predicted molar refractivity (Wildman–Crippen MR) is 74.0 cm³/mol. The maximum absolute atomic E-state index is 10.8. The number of aliphatic hydroxyl groups is 1. The highest BCUT2D eigenvalue weighted by molar-refractivity contribution is 7.17. The molecule has 0 saturated carbocycles. The Morgan fingerprint density at radius 2 is 2.05 bits per heavy atom. The Hall–Kier alpha value is -1.18. The first-order valence-corrected chi connectivity index (χ1v) is 7.05. The number of hydrogen-bond donors (Lipinski definition) is 2. The van der Waals surface area contributed by atoms with Crippen molar-refractivity contribution in [2.75, 3.05) is 37.6 Å². The fourth-order valence-electron chi connectivity index (χ4n) is 2.15. The van der Waals surface area contributed by atoms with E-state index in [1.807, 2.05) is 0 Å². The van der Waals surface area contributed by atoms with Crippen molar-refractivity contribution in [3.8, 4) is 0 Å².